The molecule has 28 nitrogen and oxygen atoms in total. The number of likely N-dealkylation sites (N-methyl/N-ethyl adjacent to an activating group) is 1. The molecule has 8 aromatic carbocycles. The van der Waals surface area contributed by atoms with Crippen LogP contribution in [0.1, 0.15) is 13.8 Å². The van der Waals surface area contributed by atoms with Crippen LogP contribution < -0.4 is 22.2 Å². The average Bonchev–Trinajstić information content (AvgIpc) is 1.78. The van der Waals surface area contributed by atoms with Gasteiger partial charge in [0.15, 0.2) is 0 Å². The van der Waals surface area contributed by atoms with Crippen molar-refractivity contribution in [2.75, 3.05) is 118 Å². The van der Waals surface area contributed by atoms with Crippen molar-refractivity contribution in [2.24, 2.45) is 0 Å². The van der Waals surface area contributed by atoms with Crippen molar-refractivity contribution < 1.29 is 32.7 Å². The summed E-state index contributed by atoms with van der Waals surface area (Å²) in [4.78, 5) is 120. The van der Waals surface area contributed by atoms with Crippen molar-refractivity contribution in [2.45, 2.75) is 19.9 Å². The average molecular weight is 1630 g/mol. The molecule has 8 aromatic rings. The largest absolute Gasteiger partial charge is 0.378 e. The standard InChI is InChI=1S/C24H24FN5O2.C24H23N5O2.C22H20FN5O2.C21H18N4O3/c1-16(2)27-11-13-28(14-12-27)24(32)29-15-18-22(17-7-3-5-9-20(17)29)26-30(23(18)31)21-10-6-4-8-19(21)25;1-2-12-26-13-15-27(16-14-26)24(31)28-17-20-22(19-10-6-7-11-21(19)28)25-29(23(20)30)18-8-4-3-5-9-18;1-25-10-12-26(13-11-25)22(30)27-14-16-20(15-6-2-4-8-18(15)27)24-28(21(16)29)19-9-5-3-7-17(19)23;26-20-17-14-24(21(27)23-10-12-28-13-11-23)18-9-5-4-8-16(18)19(17)22-25(20)15-6-2-1-3-7-15/h3-10,15-16H,11-14H2,1-2H3;2-11,17H,1,12-16H2;2-9,14H,10-13H2,1H3;1-9,14H,10-13H2. The van der Waals surface area contributed by atoms with Crippen molar-refractivity contribution in [3.63, 3.8) is 0 Å². The molecule has 4 saturated heterocycles. The van der Waals surface area contributed by atoms with E-state index < -0.39 is 22.8 Å². The maximum absolute atomic E-state index is 14.4. The van der Waals surface area contributed by atoms with Crippen LogP contribution in [-0.4, -0.2) is 240 Å². The Morgan fingerprint density at radius 1 is 0.372 bits per heavy atom. The molecule has 0 unspecified atom stereocenters. The van der Waals surface area contributed by atoms with Gasteiger partial charge in [-0.25, -0.2) is 28.0 Å². The summed E-state index contributed by atoms with van der Waals surface area (Å²) in [6, 6.07) is 60.2. The van der Waals surface area contributed by atoms with Gasteiger partial charge in [-0.05, 0) is 93.7 Å². The number of piperazine rings is 3. The summed E-state index contributed by atoms with van der Waals surface area (Å²) in [5.74, 6) is -1.07. The third-order valence-corrected chi connectivity index (χ3v) is 22.6. The molecule has 4 fully saturated rings. The number of hydrogen-bond acceptors (Lipinski definition) is 16. The maximum Gasteiger partial charge on any atom is 0.328 e. The number of morpholine rings is 1. The summed E-state index contributed by atoms with van der Waals surface area (Å²) in [7, 11) is 2.03. The van der Waals surface area contributed by atoms with Crippen LogP contribution in [0.4, 0.5) is 28.0 Å². The third kappa shape index (κ3) is 15.3. The minimum atomic E-state index is -0.534. The number of ether oxygens (including phenoxy) is 1. The van der Waals surface area contributed by atoms with E-state index in [0.29, 0.717) is 139 Å². The van der Waals surface area contributed by atoms with Gasteiger partial charge in [-0.1, -0.05) is 140 Å². The van der Waals surface area contributed by atoms with Crippen molar-refractivity contribution in [3.8, 4) is 67.8 Å². The monoisotopic (exact) mass is 1630 g/mol. The molecule has 30 heteroatoms. The fraction of sp³-hybridized carbons (Fsp3) is 0.231. The summed E-state index contributed by atoms with van der Waals surface area (Å²) in [5.41, 5.74) is 6.46. The molecular formula is C91H85F2N19O9. The van der Waals surface area contributed by atoms with Crippen LogP contribution in [0.25, 0.3) is 111 Å². The highest BCUT2D eigenvalue weighted by Gasteiger charge is 2.33. The summed E-state index contributed by atoms with van der Waals surface area (Å²) >= 11 is 0. The Hall–Kier alpha value is -14.2. The van der Waals surface area contributed by atoms with Gasteiger partial charge in [-0.15, -0.1) is 6.58 Å². The fourth-order valence-electron chi connectivity index (χ4n) is 16.0. The Bertz CT molecular complexity index is 6690. The molecule has 0 aromatic heterocycles. The zero-order valence-corrected chi connectivity index (χ0v) is 66.7. The van der Waals surface area contributed by atoms with E-state index in [0.717, 1.165) is 77.0 Å². The number of amides is 4. The second-order valence-corrected chi connectivity index (χ2v) is 30.3. The molecule has 0 aliphatic carbocycles. The van der Waals surface area contributed by atoms with Gasteiger partial charge in [0, 0.05) is 151 Å². The number of hydrogen-bond donors (Lipinski definition) is 0. The first kappa shape index (κ1) is 79.3. The van der Waals surface area contributed by atoms with Gasteiger partial charge in [0.05, 0.1) is 68.9 Å². The van der Waals surface area contributed by atoms with Gasteiger partial charge in [0.1, 0.15) is 45.8 Å². The molecular weight excluding hydrogens is 1540 g/mol. The van der Waals surface area contributed by atoms with Crippen LogP contribution in [0.5, 0.6) is 0 Å². The van der Waals surface area contributed by atoms with E-state index in [4.69, 9.17) is 4.74 Å². The van der Waals surface area contributed by atoms with Gasteiger partial charge in [-0.3, -0.25) is 47.2 Å². The highest BCUT2D eigenvalue weighted by atomic mass is 19.1. The van der Waals surface area contributed by atoms with Crippen LogP contribution in [0.3, 0.4) is 0 Å². The number of fused-ring (bicyclic) bond motifs is 12. The molecule has 0 radical (unpaired) electrons. The normalized spacial score (nSPS) is 15.0. The second-order valence-electron chi connectivity index (χ2n) is 30.3. The summed E-state index contributed by atoms with van der Waals surface area (Å²) < 4.78 is 45.1. The van der Waals surface area contributed by atoms with Crippen molar-refractivity contribution in [1.82, 2.24) is 91.7 Å². The molecule has 121 heavy (non-hydrogen) atoms. The molecule has 12 heterocycles. The summed E-state index contributed by atoms with van der Waals surface area (Å²) in [5, 5.41) is 20.9. The first-order chi connectivity index (χ1) is 58.9. The molecule has 12 aliphatic rings. The van der Waals surface area contributed by atoms with E-state index in [1.807, 2.05) is 181 Å². The first-order valence-corrected chi connectivity index (χ1v) is 40.1. The lowest BCUT2D eigenvalue weighted by molar-refractivity contribution is 0.0537. The zero-order valence-electron chi connectivity index (χ0n) is 66.7. The lowest BCUT2D eigenvalue weighted by Crippen LogP contribution is -2.51. The molecule has 0 saturated carbocycles. The van der Waals surface area contributed by atoms with Gasteiger partial charge in [0.2, 0.25) is 0 Å². The topological polar surface area (TPSA) is 259 Å². The van der Waals surface area contributed by atoms with E-state index in [2.05, 4.69) is 55.5 Å². The number of nitrogens with zero attached hydrogens (tertiary/aromatic N) is 19. The van der Waals surface area contributed by atoms with Gasteiger partial charge < -0.3 is 29.2 Å². The van der Waals surface area contributed by atoms with Gasteiger partial charge >= 0.3 is 24.1 Å². The number of carbonyl (C=O) groups excluding carboxylic acids is 4. The number of rotatable bonds is 7. The van der Waals surface area contributed by atoms with Crippen molar-refractivity contribution in [1.29, 1.82) is 0 Å². The van der Waals surface area contributed by atoms with E-state index in [9.17, 15) is 47.1 Å². The zero-order chi connectivity index (χ0) is 83.7. The van der Waals surface area contributed by atoms with Crippen LogP contribution in [0.2, 0.25) is 0 Å². The Kier molecular flexibility index (Phi) is 22.3. The van der Waals surface area contributed by atoms with Crippen molar-refractivity contribution >= 4 is 67.7 Å². The van der Waals surface area contributed by atoms with Gasteiger partial charge in [0.25, 0.3) is 22.2 Å². The number of para-hydroxylation sites is 8. The minimum absolute atomic E-state index is 0.0831. The van der Waals surface area contributed by atoms with Crippen LogP contribution in [0.15, 0.2) is 263 Å². The number of carbonyl (C=O) groups is 4. The first-order valence-electron chi connectivity index (χ1n) is 40.1. The number of halogens is 2. The van der Waals surface area contributed by atoms with E-state index >= 15 is 0 Å². The maximum atomic E-state index is 14.4. The smallest absolute Gasteiger partial charge is 0.328 e. The third-order valence-electron chi connectivity index (χ3n) is 22.6. The Labute approximate surface area is 691 Å². The van der Waals surface area contributed by atoms with Crippen LogP contribution in [0, 0.1) is 11.6 Å². The molecule has 4 amide bonds. The molecule has 0 bridgehead atoms. The minimum Gasteiger partial charge on any atom is -0.378 e. The van der Waals surface area contributed by atoms with Crippen LogP contribution >= 0.6 is 0 Å². The quantitative estimate of drug-likeness (QED) is 0.134. The SMILES string of the molecule is C=CCN1CCN(C(=O)n2cc3c(=O)n(-c4ccccc4)nc-3c3ccccc32)CC1.CC(C)N1CCN(C(=O)n2cc3c(=O)n(-c4ccccc4F)nc-3c3ccccc32)CC1.CN1CCN(C(=O)n2cc3c(=O)n(-c4ccccc4F)nc-3c3ccccc32)CC1.O=C(N1CCOCC1)n1cc2c(=O)n(-c3ccccc3)nc-2c2ccccc21. The number of aromatic nitrogens is 12. The number of benzene rings is 8. The summed E-state index contributed by atoms with van der Waals surface area (Å²) in [6.45, 7) is 19.6. The predicted octanol–water partition coefficient (Wildman–Crippen LogP) is 11.7. The van der Waals surface area contributed by atoms with Crippen molar-refractivity contribution in [3.05, 3.63) is 297 Å². The Morgan fingerprint density at radius 3 is 1.00 bits per heavy atom. The van der Waals surface area contributed by atoms with E-state index in [-0.39, 0.29) is 57.7 Å². The lowest BCUT2D eigenvalue weighted by Gasteiger charge is -2.37. The van der Waals surface area contributed by atoms with Crippen LogP contribution in [-0.2, 0) is 4.74 Å². The molecule has 0 atom stereocenters. The Balaban J connectivity index is 0.000000115. The molecule has 20 rings (SSSR count). The highest BCUT2D eigenvalue weighted by molar-refractivity contribution is 6.03. The molecule has 0 N–H and O–H groups in total. The number of pyridine rings is 4. The molecule has 612 valence electrons. The molecule has 12 aliphatic heterocycles. The predicted molar refractivity (Wildman–Crippen MR) is 459 cm³/mol. The highest BCUT2D eigenvalue weighted by Crippen LogP contribution is 2.34. The Morgan fingerprint density at radius 2 is 0.661 bits per heavy atom. The van der Waals surface area contributed by atoms with E-state index in [1.165, 1.54) is 49.0 Å². The lowest BCUT2D eigenvalue weighted by atomic mass is 10.1. The van der Waals surface area contributed by atoms with Gasteiger partial charge in [-0.2, -0.15) is 39.1 Å². The molecule has 0 spiro atoms. The van der Waals surface area contributed by atoms with E-state index in [1.54, 1.807) is 61.8 Å². The second kappa shape index (κ2) is 34.0. The fourth-order valence-corrected chi connectivity index (χ4v) is 16.0. The summed E-state index contributed by atoms with van der Waals surface area (Å²) in [6.07, 6.45) is 8.22.